The summed E-state index contributed by atoms with van der Waals surface area (Å²) in [5.41, 5.74) is 0.592. The molecule has 1 aliphatic carbocycles. The van der Waals surface area contributed by atoms with Gasteiger partial charge in [0.05, 0.1) is 24.3 Å². The van der Waals surface area contributed by atoms with Crippen LogP contribution in [0.4, 0.5) is 20.5 Å². The third kappa shape index (κ3) is 4.88. The number of halogens is 2. The summed E-state index contributed by atoms with van der Waals surface area (Å²) in [4.78, 5) is 24.3. The van der Waals surface area contributed by atoms with Crippen LogP contribution in [0.25, 0.3) is 5.69 Å². The van der Waals surface area contributed by atoms with E-state index in [0.29, 0.717) is 11.6 Å². The molecule has 1 aliphatic rings. The van der Waals surface area contributed by atoms with E-state index in [-0.39, 0.29) is 23.4 Å². The lowest BCUT2D eigenvalue weighted by atomic mass is 10.2. The van der Waals surface area contributed by atoms with E-state index < -0.39 is 6.61 Å². The summed E-state index contributed by atoms with van der Waals surface area (Å²) in [6.07, 6.45) is 8.48. The first-order chi connectivity index (χ1) is 14.6. The highest BCUT2D eigenvalue weighted by molar-refractivity contribution is 5.42. The molecule has 3 aromatic rings. The molecule has 0 aliphatic heterocycles. The van der Waals surface area contributed by atoms with Gasteiger partial charge < -0.3 is 15.4 Å². The third-order valence-electron chi connectivity index (χ3n) is 4.82. The lowest BCUT2D eigenvalue weighted by molar-refractivity contribution is -0.0503. The summed E-state index contributed by atoms with van der Waals surface area (Å²) in [7, 11) is 0. The molecule has 4 rings (SSSR count). The lowest BCUT2D eigenvalue weighted by Gasteiger charge is -2.15. The fraction of sp³-hybridized carbons (Fsp3) is 0.300. The fourth-order valence-corrected chi connectivity index (χ4v) is 3.44. The van der Waals surface area contributed by atoms with Crippen LogP contribution in [-0.2, 0) is 0 Å². The van der Waals surface area contributed by atoms with E-state index in [4.69, 9.17) is 0 Å². The summed E-state index contributed by atoms with van der Waals surface area (Å²) < 4.78 is 30.1. The van der Waals surface area contributed by atoms with Gasteiger partial charge in [0, 0.05) is 24.3 Å². The number of rotatable bonds is 7. The van der Waals surface area contributed by atoms with Gasteiger partial charge in [0.2, 0.25) is 5.95 Å². The molecule has 1 fully saturated rings. The molecular formula is C20H20F2N6O2. The average molecular weight is 414 g/mol. The van der Waals surface area contributed by atoms with Crippen molar-refractivity contribution in [2.75, 3.05) is 10.6 Å². The van der Waals surface area contributed by atoms with Gasteiger partial charge in [-0.25, -0.2) is 15.0 Å². The predicted octanol–water partition coefficient (Wildman–Crippen LogP) is 3.07. The molecule has 2 N–H and O–H groups in total. The maximum atomic E-state index is 12.2. The standard InChI is InChI=1S/C20H20F2N6O2/c21-19(22)30-16-11-24-20(25-12-16)27-14-5-4-13(9-14)26-17-7-6-15(10-23-17)28-8-2-1-3-18(28)29/h1-3,6-8,10-14,19H,4-5,9H2,(H,23,26)(H,24,25,27)/t13-,14-/m0/s1. The summed E-state index contributed by atoms with van der Waals surface area (Å²) in [5.74, 6) is 1.03. The number of nitrogens with zero attached hydrogens (tertiary/aromatic N) is 4. The number of hydrogen-bond acceptors (Lipinski definition) is 7. The molecule has 1 saturated carbocycles. The lowest BCUT2D eigenvalue weighted by Crippen LogP contribution is -2.22. The Kier molecular flexibility index (Phi) is 5.82. The minimum absolute atomic E-state index is 0.0752. The number of hydrogen-bond donors (Lipinski definition) is 2. The van der Waals surface area contributed by atoms with Crippen LogP contribution >= 0.6 is 0 Å². The maximum absolute atomic E-state index is 12.2. The highest BCUT2D eigenvalue weighted by Crippen LogP contribution is 2.25. The van der Waals surface area contributed by atoms with Crippen molar-refractivity contribution in [2.24, 2.45) is 0 Å². The Morgan fingerprint density at radius 2 is 1.77 bits per heavy atom. The van der Waals surface area contributed by atoms with Crippen LogP contribution in [0.15, 0.2) is 59.9 Å². The van der Waals surface area contributed by atoms with Crippen LogP contribution in [0.3, 0.4) is 0 Å². The molecule has 156 valence electrons. The summed E-state index contributed by atoms with van der Waals surface area (Å²) in [6.45, 7) is -2.90. The molecule has 30 heavy (non-hydrogen) atoms. The molecule has 10 heteroatoms. The molecule has 0 saturated heterocycles. The van der Waals surface area contributed by atoms with Crippen LogP contribution in [0.5, 0.6) is 5.75 Å². The summed E-state index contributed by atoms with van der Waals surface area (Å²) in [5, 5.41) is 6.61. The van der Waals surface area contributed by atoms with Crippen molar-refractivity contribution in [3.63, 3.8) is 0 Å². The van der Waals surface area contributed by atoms with Crippen LogP contribution in [0.1, 0.15) is 19.3 Å². The summed E-state index contributed by atoms with van der Waals surface area (Å²) in [6, 6.07) is 9.07. The van der Waals surface area contributed by atoms with Gasteiger partial charge in [0.1, 0.15) is 5.82 Å². The molecule has 0 amide bonds. The van der Waals surface area contributed by atoms with Crippen LogP contribution < -0.4 is 20.9 Å². The van der Waals surface area contributed by atoms with Gasteiger partial charge >= 0.3 is 6.61 Å². The molecule has 0 spiro atoms. The van der Waals surface area contributed by atoms with Crippen LogP contribution in [0.2, 0.25) is 0 Å². The Balaban J connectivity index is 1.31. The molecule has 3 aromatic heterocycles. The minimum atomic E-state index is -2.90. The normalized spacial score (nSPS) is 18.4. The molecule has 2 atom stereocenters. The Labute approximate surface area is 171 Å². The van der Waals surface area contributed by atoms with Gasteiger partial charge in [0.15, 0.2) is 5.75 Å². The topological polar surface area (TPSA) is 94.0 Å². The van der Waals surface area contributed by atoms with Crippen molar-refractivity contribution in [1.82, 2.24) is 19.5 Å². The predicted molar refractivity (Wildman–Crippen MR) is 107 cm³/mol. The first-order valence-corrected chi connectivity index (χ1v) is 9.51. The number of nitrogens with one attached hydrogen (secondary N) is 2. The number of ether oxygens (including phenoxy) is 1. The molecule has 0 bridgehead atoms. The van der Waals surface area contributed by atoms with E-state index in [2.05, 4.69) is 30.3 Å². The zero-order chi connectivity index (χ0) is 20.9. The Hall–Kier alpha value is -3.56. The van der Waals surface area contributed by atoms with Gasteiger partial charge in [0.25, 0.3) is 5.56 Å². The zero-order valence-electron chi connectivity index (χ0n) is 15.9. The number of anilines is 2. The third-order valence-corrected chi connectivity index (χ3v) is 4.82. The van der Waals surface area contributed by atoms with Gasteiger partial charge in [-0.2, -0.15) is 8.78 Å². The van der Waals surface area contributed by atoms with Crippen molar-refractivity contribution in [3.8, 4) is 11.4 Å². The zero-order valence-corrected chi connectivity index (χ0v) is 15.9. The van der Waals surface area contributed by atoms with E-state index in [1.54, 1.807) is 24.5 Å². The van der Waals surface area contributed by atoms with E-state index in [1.165, 1.54) is 23.0 Å². The Bertz CT molecular complexity index is 1030. The molecule has 0 radical (unpaired) electrons. The highest BCUT2D eigenvalue weighted by Gasteiger charge is 2.25. The van der Waals surface area contributed by atoms with E-state index >= 15 is 0 Å². The van der Waals surface area contributed by atoms with Gasteiger partial charge in [-0.15, -0.1) is 0 Å². The maximum Gasteiger partial charge on any atom is 0.387 e. The smallest absolute Gasteiger partial charge is 0.387 e. The second-order valence-corrected chi connectivity index (χ2v) is 6.93. The molecule has 3 heterocycles. The SMILES string of the molecule is O=c1ccccn1-c1ccc(N[C@H]2CC[C@H](Nc3ncc(OC(F)F)cn3)C2)nc1. The van der Waals surface area contributed by atoms with Crippen molar-refractivity contribution in [2.45, 2.75) is 38.0 Å². The molecular weight excluding hydrogens is 394 g/mol. The molecule has 8 nitrogen and oxygen atoms in total. The first-order valence-electron chi connectivity index (χ1n) is 9.51. The average Bonchev–Trinajstić information content (AvgIpc) is 3.17. The largest absolute Gasteiger partial charge is 0.432 e. The van der Waals surface area contributed by atoms with Crippen LogP contribution in [0, 0.1) is 0 Å². The van der Waals surface area contributed by atoms with Crippen LogP contribution in [-0.4, -0.2) is 38.2 Å². The number of alkyl halides is 2. The quantitative estimate of drug-likeness (QED) is 0.614. The van der Waals surface area contributed by atoms with Crippen molar-refractivity contribution >= 4 is 11.8 Å². The van der Waals surface area contributed by atoms with E-state index in [1.807, 2.05) is 12.1 Å². The number of aromatic nitrogens is 4. The summed E-state index contributed by atoms with van der Waals surface area (Å²) >= 11 is 0. The number of pyridine rings is 2. The Morgan fingerprint density at radius 3 is 2.43 bits per heavy atom. The van der Waals surface area contributed by atoms with Gasteiger partial charge in [-0.05, 0) is 37.5 Å². The van der Waals surface area contributed by atoms with E-state index in [0.717, 1.165) is 25.1 Å². The van der Waals surface area contributed by atoms with Gasteiger partial charge in [-0.3, -0.25) is 9.36 Å². The second-order valence-electron chi connectivity index (χ2n) is 6.93. The molecule has 0 unspecified atom stereocenters. The first kappa shape index (κ1) is 19.7. The van der Waals surface area contributed by atoms with Crippen molar-refractivity contribution < 1.29 is 13.5 Å². The Morgan fingerprint density at radius 1 is 1.00 bits per heavy atom. The van der Waals surface area contributed by atoms with Gasteiger partial charge in [-0.1, -0.05) is 6.07 Å². The molecule has 0 aromatic carbocycles. The fourth-order valence-electron chi connectivity index (χ4n) is 3.44. The monoisotopic (exact) mass is 414 g/mol. The highest BCUT2D eigenvalue weighted by atomic mass is 19.3. The van der Waals surface area contributed by atoms with Crippen molar-refractivity contribution in [1.29, 1.82) is 0 Å². The van der Waals surface area contributed by atoms with E-state index in [9.17, 15) is 13.6 Å². The minimum Gasteiger partial charge on any atom is -0.432 e. The second kappa shape index (κ2) is 8.85. The van der Waals surface area contributed by atoms with Crippen molar-refractivity contribution in [3.05, 3.63) is 65.5 Å².